The largest absolute Gasteiger partial charge is 1.00 e. The standard InChI is InChI=1S/C26H21Cl2F3O6S.Li.H/c27-25(28,38(34,35)23-13-12-22(37-15-24(32)33)20-2-1-3-21(20)23)17-8-10-19(11-9-17)36-14-16-4-6-18(7-5-16)26(29,30)31;;/h4-13H,1-3,14-15H2,(H,32,33);;/q;+1;-1. The molecule has 0 radical (unpaired) electrons. The Bertz CT molecular complexity index is 1450. The first-order valence-corrected chi connectivity index (χ1v) is 13.6. The van der Waals surface area contributed by atoms with Crippen molar-refractivity contribution >= 4 is 39.0 Å². The van der Waals surface area contributed by atoms with E-state index in [4.69, 9.17) is 37.8 Å². The number of aliphatic carboxylic acids is 1. The van der Waals surface area contributed by atoms with Crippen LogP contribution in [0.15, 0.2) is 65.6 Å². The average Bonchev–Trinajstić information content (AvgIpc) is 3.36. The van der Waals surface area contributed by atoms with Gasteiger partial charge in [-0.2, -0.15) is 13.2 Å². The number of benzene rings is 3. The topological polar surface area (TPSA) is 89.9 Å². The van der Waals surface area contributed by atoms with Crippen LogP contribution in [0.2, 0.25) is 0 Å². The van der Waals surface area contributed by atoms with Crippen molar-refractivity contribution in [2.24, 2.45) is 0 Å². The molecule has 0 aromatic heterocycles. The number of hydrogen-bond donors (Lipinski definition) is 1. The van der Waals surface area contributed by atoms with Gasteiger partial charge in [-0.25, -0.2) is 13.2 Å². The third-order valence-electron chi connectivity index (χ3n) is 6.05. The Morgan fingerprint density at radius 3 is 2.08 bits per heavy atom. The number of hydrogen-bond acceptors (Lipinski definition) is 5. The molecule has 13 heteroatoms. The Kier molecular flexibility index (Phi) is 9.62. The molecule has 0 unspecified atom stereocenters. The van der Waals surface area contributed by atoms with Crippen LogP contribution in [0.5, 0.6) is 11.5 Å². The van der Waals surface area contributed by atoms with E-state index < -0.39 is 37.8 Å². The third kappa shape index (κ3) is 6.69. The van der Waals surface area contributed by atoms with Crippen LogP contribution < -0.4 is 28.3 Å². The minimum atomic E-state index is -4.43. The number of ether oxygens (including phenoxy) is 2. The predicted molar refractivity (Wildman–Crippen MR) is 135 cm³/mol. The summed E-state index contributed by atoms with van der Waals surface area (Å²) in [5.41, 5.74) is 0.929. The maximum Gasteiger partial charge on any atom is 1.00 e. The normalized spacial score (nSPS) is 13.4. The molecule has 0 saturated heterocycles. The van der Waals surface area contributed by atoms with Gasteiger partial charge in [0.05, 0.1) is 10.5 Å². The second kappa shape index (κ2) is 12.0. The van der Waals surface area contributed by atoms with E-state index in [-0.39, 0.29) is 37.4 Å². The molecular formula is C26H22Cl2F3LiO6S. The summed E-state index contributed by atoms with van der Waals surface area (Å²) in [5, 5.41) is 8.89. The van der Waals surface area contributed by atoms with Gasteiger partial charge in [0.2, 0.25) is 13.5 Å². The van der Waals surface area contributed by atoms with Gasteiger partial charge in [0.1, 0.15) is 18.1 Å². The van der Waals surface area contributed by atoms with Gasteiger partial charge in [-0.05, 0) is 72.4 Å². The maximum absolute atomic E-state index is 13.6. The summed E-state index contributed by atoms with van der Waals surface area (Å²) in [6.45, 7) is -0.564. The van der Waals surface area contributed by atoms with Gasteiger partial charge in [0.25, 0.3) is 0 Å². The van der Waals surface area contributed by atoms with Gasteiger partial charge in [-0.1, -0.05) is 47.5 Å². The minimum Gasteiger partial charge on any atom is -1.00 e. The molecule has 0 atom stereocenters. The molecule has 204 valence electrons. The van der Waals surface area contributed by atoms with E-state index in [1.54, 1.807) is 0 Å². The number of carbonyl (C=O) groups is 1. The average molecular weight is 597 g/mol. The fraction of sp³-hybridized carbons (Fsp3) is 0.269. The molecule has 3 aromatic carbocycles. The summed E-state index contributed by atoms with van der Waals surface area (Å²) in [4.78, 5) is 10.8. The molecule has 39 heavy (non-hydrogen) atoms. The molecule has 0 spiro atoms. The second-order valence-corrected chi connectivity index (χ2v) is 12.4. The van der Waals surface area contributed by atoms with Gasteiger partial charge in [-0.15, -0.1) is 0 Å². The molecule has 0 amide bonds. The summed E-state index contributed by atoms with van der Waals surface area (Å²) < 4.78 is 73.9. The molecule has 4 rings (SSSR count). The van der Waals surface area contributed by atoms with E-state index >= 15 is 0 Å². The Morgan fingerprint density at radius 1 is 0.897 bits per heavy atom. The molecule has 6 nitrogen and oxygen atoms in total. The fourth-order valence-corrected chi connectivity index (χ4v) is 6.43. The van der Waals surface area contributed by atoms with Crippen LogP contribution in [0.1, 0.15) is 35.7 Å². The van der Waals surface area contributed by atoms with E-state index in [1.165, 1.54) is 48.5 Å². The van der Waals surface area contributed by atoms with Gasteiger partial charge < -0.3 is 16.0 Å². The third-order valence-corrected chi connectivity index (χ3v) is 9.58. The van der Waals surface area contributed by atoms with Crippen LogP contribution >= 0.6 is 23.2 Å². The number of carboxylic acids is 1. The molecular weight excluding hydrogens is 575 g/mol. The molecule has 0 heterocycles. The summed E-state index contributed by atoms with van der Waals surface area (Å²) in [6, 6.07) is 13.0. The zero-order valence-corrected chi connectivity index (χ0v) is 22.9. The molecule has 1 N–H and O–H groups in total. The minimum absolute atomic E-state index is 0. The zero-order valence-electron chi connectivity index (χ0n) is 21.6. The van der Waals surface area contributed by atoms with Gasteiger partial charge in [-0.3, -0.25) is 0 Å². The molecule has 3 aromatic rings. The summed E-state index contributed by atoms with van der Waals surface area (Å²) in [6.07, 6.45) is -2.81. The molecule has 1 aliphatic carbocycles. The van der Waals surface area contributed by atoms with E-state index in [0.29, 0.717) is 47.5 Å². The summed E-state index contributed by atoms with van der Waals surface area (Å²) in [7, 11) is -4.32. The predicted octanol–water partition coefficient (Wildman–Crippen LogP) is 3.41. The van der Waals surface area contributed by atoms with Crippen LogP contribution in [-0.4, -0.2) is 26.1 Å². The quantitative estimate of drug-likeness (QED) is 0.301. The Hall–Kier alpha value is -2.35. The first kappa shape index (κ1) is 31.2. The number of halogens is 5. The first-order valence-electron chi connectivity index (χ1n) is 11.3. The van der Waals surface area contributed by atoms with Crippen LogP contribution in [0.3, 0.4) is 0 Å². The van der Waals surface area contributed by atoms with Crippen LogP contribution in [-0.2, 0) is 43.9 Å². The Labute approximate surface area is 246 Å². The molecule has 0 fully saturated rings. The summed E-state index contributed by atoms with van der Waals surface area (Å²) >= 11 is 12.9. The van der Waals surface area contributed by atoms with E-state index in [2.05, 4.69) is 0 Å². The van der Waals surface area contributed by atoms with Crippen LogP contribution in [0.4, 0.5) is 13.2 Å². The van der Waals surface area contributed by atoms with Crippen molar-refractivity contribution < 1.29 is 61.3 Å². The molecule has 0 bridgehead atoms. The molecule has 1 aliphatic rings. The SMILES string of the molecule is O=C(O)COc1ccc(S(=O)(=O)C(Cl)(Cl)c2ccc(OCc3ccc(C(F)(F)F)cc3)cc2)c2c1CCC2.[H-].[Li+]. The number of fused-ring (bicyclic) bond motifs is 1. The van der Waals surface area contributed by atoms with Crippen molar-refractivity contribution in [3.8, 4) is 11.5 Å². The Balaban J connectivity index is 0.00000280. The van der Waals surface area contributed by atoms with Gasteiger partial charge in [0.15, 0.2) is 6.61 Å². The van der Waals surface area contributed by atoms with Gasteiger partial charge in [0, 0.05) is 5.56 Å². The monoisotopic (exact) mass is 596 g/mol. The van der Waals surface area contributed by atoms with Crippen molar-refractivity contribution in [3.63, 3.8) is 0 Å². The van der Waals surface area contributed by atoms with Crippen LogP contribution in [0.25, 0.3) is 0 Å². The molecule has 0 aliphatic heterocycles. The van der Waals surface area contributed by atoms with Crippen LogP contribution in [0, 0.1) is 0 Å². The van der Waals surface area contributed by atoms with E-state index in [1.807, 2.05) is 0 Å². The first-order chi connectivity index (χ1) is 17.8. The smallest absolute Gasteiger partial charge is 1.00 e. The number of sulfone groups is 1. The number of carboxylic acid groups (broad SMARTS) is 1. The maximum atomic E-state index is 13.6. The van der Waals surface area contributed by atoms with E-state index in [0.717, 1.165) is 12.1 Å². The Morgan fingerprint density at radius 2 is 1.49 bits per heavy atom. The van der Waals surface area contributed by atoms with Crippen molar-refractivity contribution in [1.29, 1.82) is 0 Å². The number of alkyl halides is 5. The van der Waals surface area contributed by atoms with Crippen molar-refractivity contribution in [2.75, 3.05) is 6.61 Å². The zero-order chi connectivity index (χ0) is 27.7. The van der Waals surface area contributed by atoms with E-state index in [9.17, 15) is 26.4 Å². The fourth-order valence-electron chi connectivity index (χ4n) is 4.16. The summed E-state index contributed by atoms with van der Waals surface area (Å²) in [5.74, 6) is -0.514. The van der Waals surface area contributed by atoms with Crippen molar-refractivity contribution in [3.05, 3.63) is 88.5 Å². The van der Waals surface area contributed by atoms with Gasteiger partial charge >= 0.3 is 31.0 Å². The molecule has 0 saturated carbocycles. The second-order valence-electron chi connectivity index (χ2n) is 8.58. The number of rotatable bonds is 9. The van der Waals surface area contributed by atoms with Crippen molar-refractivity contribution in [2.45, 2.75) is 40.6 Å². The van der Waals surface area contributed by atoms with Crippen molar-refractivity contribution in [1.82, 2.24) is 0 Å².